The van der Waals surface area contributed by atoms with E-state index in [9.17, 15) is 9.59 Å². The van der Waals surface area contributed by atoms with E-state index in [1.807, 2.05) is 12.1 Å². The van der Waals surface area contributed by atoms with E-state index in [2.05, 4.69) is 20.2 Å². The van der Waals surface area contributed by atoms with Gasteiger partial charge in [-0.05, 0) is 29.9 Å². The molecular weight excluding hydrogens is 436 g/mol. The Kier molecular flexibility index (Phi) is 5.07. The summed E-state index contributed by atoms with van der Waals surface area (Å²) in [4.78, 5) is 35.5. The zero-order valence-corrected chi connectivity index (χ0v) is 18.4. The maximum absolute atomic E-state index is 11.8. The molecule has 8 nitrogen and oxygen atoms in total. The summed E-state index contributed by atoms with van der Waals surface area (Å²) in [5.41, 5.74) is 14.0. The van der Waals surface area contributed by atoms with Gasteiger partial charge in [-0.3, -0.25) is 9.59 Å². The highest BCUT2D eigenvalue weighted by atomic mass is 35.5. The Hall–Kier alpha value is -2.36. The molecule has 2 aromatic rings. The second-order valence-electron chi connectivity index (χ2n) is 8.53. The van der Waals surface area contributed by atoms with E-state index in [0.29, 0.717) is 40.8 Å². The van der Waals surface area contributed by atoms with Crippen LogP contribution in [0.1, 0.15) is 31.2 Å². The summed E-state index contributed by atoms with van der Waals surface area (Å²) in [6.45, 7) is 1.55. The van der Waals surface area contributed by atoms with Gasteiger partial charge in [0.2, 0.25) is 5.91 Å². The van der Waals surface area contributed by atoms with Gasteiger partial charge >= 0.3 is 0 Å². The van der Waals surface area contributed by atoms with Crippen molar-refractivity contribution in [1.29, 1.82) is 0 Å². The number of fused-ring (bicyclic) bond motifs is 1. The Labute approximate surface area is 189 Å². The molecule has 1 aromatic carbocycles. The normalized spacial score (nSPS) is 22.1. The maximum Gasteiger partial charge on any atom is 0.228 e. The van der Waals surface area contributed by atoms with Gasteiger partial charge in [0.1, 0.15) is 16.6 Å². The number of carbonyl (C=O) groups is 2. The molecule has 5 rings (SSSR count). The first-order valence-electron chi connectivity index (χ1n) is 10.3. The number of anilines is 3. The molecule has 0 radical (unpaired) electrons. The average Bonchev–Trinajstić information content (AvgIpc) is 3.25. The summed E-state index contributed by atoms with van der Waals surface area (Å²) in [6, 6.07) is 3.72. The molecule has 1 aromatic heterocycles. The maximum atomic E-state index is 11.8. The molecule has 1 saturated carbocycles. The molecule has 1 spiro atoms. The van der Waals surface area contributed by atoms with Gasteiger partial charge in [-0.1, -0.05) is 29.4 Å². The van der Waals surface area contributed by atoms with E-state index < -0.39 is 0 Å². The highest BCUT2D eigenvalue weighted by molar-refractivity contribution is 7.99. The van der Waals surface area contributed by atoms with E-state index in [0.717, 1.165) is 42.2 Å². The SMILES string of the molecule is Nc1nc(N2CCC3(CC2)CC(=O)C[C@@H]3N)cnc1Sc1ccc2c(c1Cl)NC(=O)C2. The lowest BCUT2D eigenvalue weighted by Gasteiger charge is -2.41. The van der Waals surface area contributed by atoms with Crippen LogP contribution < -0.4 is 21.7 Å². The molecule has 0 bridgehead atoms. The van der Waals surface area contributed by atoms with Crippen molar-refractivity contribution < 1.29 is 9.59 Å². The van der Waals surface area contributed by atoms with Crippen molar-refractivity contribution in [3.63, 3.8) is 0 Å². The van der Waals surface area contributed by atoms with Crippen LogP contribution in [0.4, 0.5) is 17.3 Å². The monoisotopic (exact) mass is 458 g/mol. The second-order valence-corrected chi connectivity index (χ2v) is 9.94. The van der Waals surface area contributed by atoms with Gasteiger partial charge in [0, 0.05) is 36.9 Å². The summed E-state index contributed by atoms with van der Waals surface area (Å²) < 4.78 is 0. The number of carbonyl (C=O) groups excluding carboxylic acids is 2. The topological polar surface area (TPSA) is 127 Å². The Morgan fingerprint density at radius 2 is 2.03 bits per heavy atom. The summed E-state index contributed by atoms with van der Waals surface area (Å²) in [7, 11) is 0. The van der Waals surface area contributed by atoms with Gasteiger partial charge in [-0.15, -0.1) is 0 Å². The lowest BCUT2D eigenvalue weighted by molar-refractivity contribution is -0.118. The van der Waals surface area contributed by atoms with Crippen molar-refractivity contribution in [2.75, 3.05) is 29.0 Å². The number of rotatable bonds is 3. The van der Waals surface area contributed by atoms with E-state index in [4.69, 9.17) is 23.1 Å². The third-order valence-corrected chi connectivity index (χ3v) is 8.21. The highest BCUT2D eigenvalue weighted by Crippen LogP contribution is 2.45. The molecule has 1 atom stereocenters. The Bertz CT molecular complexity index is 1090. The number of hydrogen-bond acceptors (Lipinski definition) is 8. The molecule has 2 fully saturated rings. The number of halogens is 1. The molecule has 3 aliphatic rings. The third-order valence-electron chi connectivity index (χ3n) is 6.63. The molecule has 0 unspecified atom stereocenters. The Morgan fingerprint density at radius 1 is 1.26 bits per heavy atom. The van der Waals surface area contributed by atoms with Crippen LogP contribution in [0.2, 0.25) is 5.02 Å². The fourth-order valence-corrected chi connectivity index (χ4v) is 5.96. The first-order chi connectivity index (χ1) is 14.8. The standard InChI is InChI=1S/C21H23ClN6O2S/c22-17-13(2-1-11-7-16(30)27-18(11)17)31-20-19(24)26-15(10-25-20)28-5-3-21(4-6-28)9-12(29)8-14(21)23/h1-2,10,14H,3-9,23H2,(H2,24,26)(H,27,30)/t14-/m0/s1. The minimum atomic E-state index is -0.0674. The van der Waals surface area contributed by atoms with Crippen molar-refractivity contribution in [3.8, 4) is 0 Å². The second kappa shape index (κ2) is 7.65. The van der Waals surface area contributed by atoms with Gasteiger partial charge in [0.15, 0.2) is 5.82 Å². The van der Waals surface area contributed by atoms with Crippen molar-refractivity contribution >= 4 is 52.4 Å². The number of piperidine rings is 1. The number of nitrogens with two attached hydrogens (primary N) is 2. The third kappa shape index (κ3) is 3.64. The van der Waals surface area contributed by atoms with Gasteiger partial charge in [0.25, 0.3) is 0 Å². The summed E-state index contributed by atoms with van der Waals surface area (Å²) in [5, 5.41) is 3.85. The molecule has 10 heteroatoms. The number of ketones is 1. The number of Topliss-reactive ketones (excluding diaryl/α,β-unsaturated/α-hetero) is 1. The molecule has 162 valence electrons. The molecule has 5 N–H and O–H groups in total. The average molecular weight is 459 g/mol. The van der Waals surface area contributed by atoms with Crippen molar-refractivity contribution in [1.82, 2.24) is 9.97 Å². The molecule has 1 saturated heterocycles. The summed E-state index contributed by atoms with van der Waals surface area (Å²) >= 11 is 7.81. The number of benzene rings is 1. The number of nitrogens with one attached hydrogen (secondary N) is 1. The molecule has 3 heterocycles. The highest BCUT2D eigenvalue weighted by Gasteiger charge is 2.46. The molecule has 31 heavy (non-hydrogen) atoms. The van der Waals surface area contributed by atoms with Gasteiger partial charge < -0.3 is 21.7 Å². The lowest BCUT2D eigenvalue weighted by Crippen LogP contribution is -2.47. The van der Waals surface area contributed by atoms with Crippen LogP contribution in [0.3, 0.4) is 0 Å². The van der Waals surface area contributed by atoms with Crippen LogP contribution in [0.15, 0.2) is 28.3 Å². The predicted molar refractivity (Wildman–Crippen MR) is 120 cm³/mol. The van der Waals surface area contributed by atoms with E-state index in [1.165, 1.54) is 11.8 Å². The van der Waals surface area contributed by atoms with E-state index >= 15 is 0 Å². The van der Waals surface area contributed by atoms with Crippen molar-refractivity contribution in [2.45, 2.75) is 48.1 Å². The lowest BCUT2D eigenvalue weighted by atomic mass is 9.74. The zero-order valence-electron chi connectivity index (χ0n) is 16.9. The predicted octanol–water partition coefficient (Wildman–Crippen LogP) is 2.63. The van der Waals surface area contributed by atoms with E-state index in [1.54, 1.807) is 6.20 Å². The first kappa shape index (κ1) is 20.5. The van der Waals surface area contributed by atoms with Crippen LogP contribution in [0, 0.1) is 5.41 Å². The number of amides is 1. The molecule has 1 aliphatic carbocycles. The van der Waals surface area contributed by atoms with Crippen molar-refractivity contribution in [3.05, 3.63) is 28.9 Å². The first-order valence-corrected chi connectivity index (χ1v) is 11.5. The number of nitrogens with zero attached hydrogens (tertiary/aromatic N) is 3. The van der Waals surface area contributed by atoms with Crippen molar-refractivity contribution in [2.24, 2.45) is 11.1 Å². The fourth-order valence-electron chi connectivity index (χ4n) is 4.82. The molecule has 1 amide bonds. The van der Waals surface area contributed by atoms with Crippen LogP contribution in [0.25, 0.3) is 0 Å². The van der Waals surface area contributed by atoms with Crippen LogP contribution in [0.5, 0.6) is 0 Å². The minimum Gasteiger partial charge on any atom is -0.381 e. The largest absolute Gasteiger partial charge is 0.381 e. The minimum absolute atomic E-state index is 0.0427. The van der Waals surface area contributed by atoms with Crippen LogP contribution in [-0.2, 0) is 16.0 Å². The van der Waals surface area contributed by atoms with E-state index in [-0.39, 0.29) is 23.1 Å². The van der Waals surface area contributed by atoms with Gasteiger partial charge in [-0.2, -0.15) is 0 Å². The fraction of sp³-hybridized carbons (Fsp3) is 0.429. The Balaban J connectivity index is 1.30. The summed E-state index contributed by atoms with van der Waals surface area (Å²) in [5.74, 6) is 1.27. The van der Waals surface area contributed by atoms with Gasteiger partial charge in [-0.25, -0.2) is 9.97 Å². The number of nitrogen functional groups attached to an aromatic ring is 1. The number of aromatic nitrogens is 2. The molecule has 2 aliphatic heterocycles. The smallest absolute Gasteiger partial charge is 0.228 e. The zero-order chi connectivity index (χ0) is 21.8. The number of hydrogen-bond donors (Lipinski definition) is 3. The summed E-state index contributed by atoms with van der Waals surface area (Å²) in [6.07, 6.45) is 4.89. The van der Waals surface area contributed by atoms with Crippen LogP contribution in [-0.4, -0.2) is 40.8 Å². The Morgan fingerprint density at radius 3 is 2.71 bits per heavy atom. The van der Waals surface area contributed by atoms with Gasteiger partial charge in [0.05, 0.1) is 23.3 Å². The molecular formula is C21H23ClN6O2S. The van der Waals surface area contributed by atoms with Crippen LogP contribution >= 0.6 is 23.4 Å². The quantitative estimate of drug-likeness (QED) is 0.640.